The van der Waals surface area contributed by atoms with Crippen molar-refractivity contribution in [2.75, 3.05) is 7.05 Å². The van der Waals surface area contributed by atoms with E-state index in [9.17, 15) is 4.79 Å². The molecule has 0 spiro atoms. The van der Waals surface area contributed by atoms with E-state index in [1.54, 1.807) is 12.5 Å². The molecule has 1 aliphatic carbocycles. The van der Waals surface area contributed by atoms with Gasteiger partial charge in [-0.2, -0.15) is 0 Å². The fourth-order valence-corrected chi connectivity index (χ4v) is 3.69. The molecule has 2 fully saturated rings. The van der Waals surface area contributed by atoms with Gasteiger partial charge in [0, 0.05) is 25.2 Å². The summed E-state index contributed by atoms with van der Waals surface area (Å²) in [7, 11) is 1.88. The highest BCUT2D eigenvalue weighted by atomic mass is 16.3. The van der Waals surface area contributed by atoms with Crippen LogP contribution in [-0.2, 0) is 11.3 Å². The van der Waals surface area contributed by atoms with Crippen molar-refractivity contribution in [2.24, 2.45) is 5.92 Å². The largest absolute Gasteiger partial charge is 0.472 e. The van der Waals surface area contributed by atoms with Crippen molar-refractivity contribution in [3.63, 3.8) is 0 Å². The maximum absolute atomic E-state index is 12.5. The summed E-state index contributed by atoms with van der Waals surface area (Å²) in [5.74, 6) is 1.02. The van der Waals surface area contributed by atoms with Gasteiger partial charge < -0.3 is 14.6 Å². The number of piperidine rings is 1. The van der Waals surface area contributed by atoms with E-state index in [-0.39, 0.29) is 11.9 Å². The molecule has 1 saturated carbocycles. The van der Waals surface area contributed by atoms with Gasteiger partial charge in [-0.3, -0.25) is 4.79 Å². The van der Waals surface area contributed by atoms with Gasteiger partial charge >= 0.3 is 0 Å². The average Bonchev–Trinajstić information content (AvgIpc) is 2.99. The highest BCUT2D eigenvalue weighted by Gasteiger charge is 2.35. The zero-order valence-electron chi connectivity index (χ0n) is 12.2. The normalized spacial score (nSPS) is 29.8. The third kappa shape index (κ3) is 2.90. The van der Waals surface area contributed by atoms with Crippen molar-refractivity contribution in [3.8, 4) is 0 Å². The van der Waals surface area contributed by atoms with E-state index in [4.69, 9.17) is 4.42 Å². The Kier molecular flexibility index (Phi) is 4.10. The zero-order chi connectivity index (χ0) is 13.9. The van der Waals surface area contributed by atoms with E-state index < -0.39 is 0 Å². The van der Waals surface area contributed by atoms with Gasteiger partial charge in [0.25, 0.3) is 0 Å². The molecule has 2 heterocycles. The molecule has 20 heavy (non-hydrogen) atoms. The first-order valence-corrected chi connectivity index (χ1v) is 7.76. The standard InChI is InChI=1S/C16H24N2O2/c1-18(10-12-8-9-20-11-12)16(19)15-7-6-13-4-2-3-5-14(13)17-15/h8-9,11,13-15,17H,2-7,10H2,1H3. The first-order valence-electron chi connectivity index (χ1n) is 7.76. The van der Waals surface area contributed by atoms with E-state index in [1.807, 2.05) is 18.0 Å². The van der Waals surface area contributed by atoms with Gasteiger partial charge in [0.2, 0.25) is 5.91 Å². The molecule has 0 aromatic carbocycles. The number of furan rings is 1. The van der Waals surface area contributed by atoms with Crippen LogP contribution in [0.4, 0.5) is 0 Å². The molecule has 1 amide bonds. The smallest absolute Gasteiger partial charge is 0.239 e. The Bertz CT molecular complexity index is 443. The SMILES string of the molecule is CN(Cc1ccoc1)C(=O)C1CCC2CCCCC2N1. The molecule has 4 nitrogen and oxygen atoms in total. The van der Waals surface area contributed by atoms with Gasteiger partial charge in [0.05, 0.1) is 18.6 Å². The average molecular weight is 276 g/mol. The summed E-state index contributed by atoms with van der Waals surface area (Å²) in [4.78, 5) is 14.3. The second kappa shape index (κ2) is 6.00. The maximum Gasteiger partial charge on any atom is 0.239 e. The first-order chi connectivity index (χ1) is 9.74. The topological polar surface area (TPSA) is 45.5 Å². The lowest BCUT2D eigenvalue weighted by Crippen LogP contribution is -2.55. The number of hydrogen-bond acceptors (Lipinski definition) is 3. The Morgan fingerprint density at radius 1 is 1.35 bits per heavy atom. The van der Waals surface area contributed by atoms with Crippen LogP contribution in [-0.4, -0.2) is 29.9 Å². The van der Waals surface area contributed by atoms with Gasteiger partial charge in [-0.25, -0.2) is 0 Å². The molecule has 1 saturated heterocycles. The minimum absolute atomic E-state index is 0.00579. The van der Waals surface area contributed by atoms with Crippen LogP contribution < -0.4 is 5.32 Å². The van der Waals surface area contributed by atoms with Crippen LogP contribution >= 0.6 is 0 Å². The quantitative estimate of drug-likeness (QED) is 0.923. The number of likely N-dealkylation sites (N-methyl/N-ethyl adjacent to an activating group) is 1. The molecule has 3 atom stereocenters. The Morgan fingerprint density at radius 3 is 3.00 bits per heavy atom. The molecule has 1 aromatic rings. The van der Waals surface area contributed by atoms with Gasteiger partial charge in [-0.05, 0) is 37.7 Å². The Balaban J connectivity index is 1.56. The lowest BCUT2D eigenvalue weighted by molar-refractivity contribution is -0.134. The minimum atomic E-state index is 0.00579. The molecule has 1 N–H and O–H groups in total. The molecule has 1 aliphatic heterocycles. The second-order valence-electron chi connectivity index (χ2n) is 6.27. The highest BCUT2D eigenvalue weighted by Crippen LogP contribution is 2.32. The number of amides is 1. The molecule has 1 aromatic heterocycles. The van der Waals surface area contributed by atoms with E-state index in [1.165, 1.54) is 32.1 Å². The van der Waals surface area contributed by atoms with E-state index in [0.29, 0.717) is 12.6 Å². The molecule has 3 rings (SSSR count). The van der Waals surface area contributed by atoms with Crippen LogP contribution in [0.1, 0.15) is 44.1 Å². The highest BCUT2D eigenvalue weighted by molar-refractivity contribution is 5.81. The molecule has 2 aliphatic rings. The van der Waals surface area contributed by atoms with Gasteiger partial charge in [0.1, 0.15) is 0 Å². The second-order valence-corrected chi connectivity index (χ2v) is 6.27. The third-order valence-electron chi connectivity index (χ3n) is 4.82. The van der Waals surface area contributed by atoms with E-state index in [2.05, 4.69) is 5.32 Å². The maximum atomic E-state index is 12.5. The van der Waals surface area contributed by atoms with Gasteiger partial charge in [-0.1, -0.05) is 12.8 Å². The molecule has 3 unspecified atom stereocenters. The first kappa shape index (κ1) is 13.7. The third-order valence-corrected chi connectivity index (χ3v) is 4.82. The summed E-state index contributed by atoms with van der Waals surface area (Å²) < 4.78 is 5.06. The van der Waals surface area contributed by atoms with Crippen molar-refractivity contribution < 1.29 is 9.21 Å². The van der Waals surface area contributed by atoms with Gasteiger partial charge in [0.15, 0.2) is 0 Å². The van der Waals surface area contributed by atoms with Crippen LogP contribution in [0.3, 0.4) is 0 Å². The van der Waals surface area contributed by atoms with Crippen LogP contribution in [0.25, 0.3) is 0 Å². The number of nitrogens with one attached hydrogen (secondary N) is 1. The minimum Gasteiger partial charge on any atom is -0.472 e. The van der Waals surface area contributed by atoms with Gasteiger partial charge in [-0.15, -0.1) is 0 Å². The van der Waals surface area contributed by atoms with Crippen LogP contribution in [0.2, 0.25) is 0 Å². The van der Waals surface area contributed by atoms with E-state index in [0.717, 1.165) is 17.9 Å². The number of carbonyl (C=O) groups excluding carboxylic acids is 1. The number of rotatable bonds is 3. The summed E-state index contributed by atoms with van der Waals surface area (Å²) in [6, 6.07) is 2.48. The number of fused-ring (bicyclic) bond motifs is 1. The monoisotopic (exact) mass is 276 g/mol. The van der Waals surface area contributed by atoms with Crippen molar-refractivity contribution in [1.82, 2.24) is 10.2 Å². The Hall–Kier alpha value is -1.29. The summed E-state index contributed by atoms with van der Waals surface area (Å²) in [5.41, 5.74) is 1.05. The summed E-state index contributed by atoms with van der Waals surface area (Å²) in [6.45, 7) is 0.627. The van der Waals surface area contributed by atoms with Crippen LogP contribution in [0, 0.1) is 5.92 Å². The zero-order valence-corrected chi connectivity index (χ0v) is 12.2. The lowest BCUT2D eigenvalue weighted by Gasteiger charge is -2.40. The van der Waals surface area contributed by atoms with Crippen molar-refractivity contribution in [1.29, 1.82) is 0 Å². The molecule has 0 radical (unpaired) electrons. The predicted octanol–water partition coefficient (Wildman–Crippen LogP) is 2.55. The number of carbonyl (C=O) groups is 1. The summed E-state index contributed by atoms with van der Waals surface area (Å²) in [6.07, 6.45) is 10.8. The summed E-state index contributed by atoms with van der Waals surface area (Å²) in [5, 5.41) is 3.60. The summed E-state index contributed by atoms with van der Waals surface area (Å²) >= 11 is 0. The molecular formula is C16H24N2O2. The van der Waals surface area contributed by atoms with Crippen molar-refractivity contribution in [3.05, 3.63) is 24.2 Å². The lowest BCUT2D eigenvalue weighted by atomic mass is 9.77. The Labute approximate surface area is 120 Å². The fourth-order valence-electron chi connectivity index (χ4n) is 3.69. The Morgan fingerprint density at radius 2 is 2.20 bits per heavy atom. The van der Waals surface area contributed by atoms with Crippen molar-refractivity contribution >= 4 is 5.91 Å². The predicted molar refractivity (Wildman–Crippen MR) is 77.1 cm³/mol. The molecule has 110 valence electrons. The van der Waals surface area contributed by atoms with E-state index >= 15 is 0 Å². The van der Waals surface area contributed by atoms with Crippen LogP contribution in [0.15, 0.2) is 23.0 Å². The number of nitrogens with zero attached hydrogens (tertiary/aromatic N) is 1. The molecular weight excluding hydrogens is 252 g/mol. The van der Waals surface area contributed by atoms with Crippen LogP contribution in [0.5, 0.6) is 0 Å². The van der Waals surface area contributed by atoms with Crippen molar-refractivity contribution in [2.45, 2.75) is 57.2 Å². The number of hydrogen-bond donors (Lipinski definition) is 1. The molecule has 4 heteroatoms. The molecule has 0 bridgehead atoms. The fraction of sp³-hybridized carbons (Fsp3) is 0.688.